The van der Waals surface area contributed by atoms with Crippen molar-refractivity contribution in [2.45, 2.75) is 26.2 Å². The van der Waals surface area contributed by atoms with Gasteiger partial charge in [-0.3, -0.25) is 9.68 Å². The molecule has 0 amide bonds. The van der Waals surface area contributed by atoms with Gasteiger partial charge in [0.25, 0.3) is 0 Å². The monoisotopic (exact) mass is 176 g/mol. The topological polar surface area (TPSA) is 72.8 Å². The minimum absolute atomic E-state index is 0.154. The molecule has 0 aliphatic rings. The van der Waals surface area contributed by atoms with Gasteiger partial charge in [-0.1, -0.05) is 6.92 Å². The first kappa shape index (κ1) is 10.9. The molecule has 0 aromatic heterocycles. The van der Waals surface area contributed by atoms with Crippen LogP contribution in [-0.2, 0) is 19.4 Å². The summed E-state index contributed by atoms with van der Waals surface area (Å²) in [5.41, 5.74) is 0. The lowest BCUT2D eigenvalue weighted by Gasteiger charge is -1.99. The zero-order valence-electron chi connectivity index (χ0n) is 6.91. The highest BCUT2D eigenvalue weighted by atomic mass is 17.2. The Morgan fingerprint density at radius 2 is 2.00 bits per heavy atom. The maximum Gasteiger partial charge on any atom is 0.342 e. The lowest BCUT2D eigenvalue weighted by molar-refractivity contribution is -0.272. The second kappa shape index (κ2) is 6.60. The molecule has 5 nitrogen and oxygen atoms in total. The Kier molecular flexibility index (Phi) is 6.00. The molecule has 0 spiro atoms. The van der Waals surface area contributed by atoms with Gasteiger partial charge in [0.05, 0.1) is 19.4 Å². The van der Waals surface area contributed by atoms with E-state index in [1.165, 1.54) is 0 Å². The lowest BCUT2D eigenvalue weighted by atomic mass is 10.3. The van der Waals surface area contributed by atoms with E-state index in [-0.39, 0.29) is 12.8 Å². The van der Waals surface area contributed by atoms with E-state index in [2.05, 4.69) is 9.78 Å². The molecule has 1 N–H and O–H groups in total. The van der Waals surface area contributed by atoms with Crippen molar-refractivity contribution in [2.24, 2.45) is 0 Å². The van der Waals surface area contributed by atoms with E-state index in [1.807, 2.05) is 6.92 Å². The molecular formula is C7H12O5. The Labute approximate surface area is 70.2 Å². The Morgan fingerprint density at radius 1 is 1.33 bits per heavy atom. The first-order chi connectivity index (χ1) is 5.66. The average molecular weight is 176 g/mol. The van der Waals surface area contributed by atoms with Gasteiger partial charge in [-0.25, -0.2) is 4.79 Å². The van der Waals surface area contributed by atoms with Crippen molar-refractivity contribution >= 4 is 11.9 Å². The number of hydrogen-bond acceptors (Lipinski definition) is 4. The Hall–Kier alpha value is -1.10. The maximum absolute atomic E-state index is 10.6. The summed E-state index contributed by atoms with van der Waals surface area (Å²) < 4.78 is 0. The molecule has 0 unspecified atom stereocenters. The molecule has 0 aliphatic heterocycles. The summed E-state index contributed by atoms with van der Waals surface area (Å²) in [5.74, 6) is -1.67. The number of aliphatic carboxylic acids is 1. The van der Waals surface area contributed by atoms with Crippen LogP contribution in [0.15, 0.2) is 0 Å². The number of carbonyl (C=O) groups is 2. The van der Waals surface area contributed by atoms with Gasteiger partial charge in [-0.2, -0.15) is 4.89 Å². The summed E-state index contributed by atoms with van der Waals surface area (Å²) in [7, 11) is 0. The van der Waals surface area contributed by atoms with Crippen molar-refractivity contribution in [1.82, 2.24) is 0 Å². The predicted octanol–water partition coefficient (Wildman–Crippen LogP) is 0.736. The van der Waals surface area contributed by atoms with Gasteiger partial charge in [0.15, 0.2) is 0 Å². The van der Waals surface area contributed by atoms with Gasteiger partial charge in [0.2, 0.25) is 0 Å². The first-order valence-electron chi connectivity index (χ1n) is 3.71. The maximum atomic E-state index is 10.6. The van der Waals surface area contributed by atoms with Crippen molar-refractivity contribution in [3.63, 3.8) is 0 Å². The van der Waals surface area contributed by atoms with E-state index in [0.29, 0.717) is 6.61 Å². The average Bonchev–Trinajstić information content (AvgIpc) is 2.01. The number of rotatable bonds is 6. The molecule has 0 saturated carbocycles. The summed E-state index contributed by atoms with van der Waals surface area (Å²) >= 11 is 0. The summed E-state index contributed by atoms with van der Waals surface area (Å²) in [6.45, 7) is 2.20. The van der Waals surface area contributed by atoms with Gasteiger partial charge in [0, 0.05) is 0 Å². The smallest absolute Gasteiger partial charge is 0.342 e. The zero-order valence-corrected chi connectivity index (χ0v) is 6.91. The fourth-order valence-corrected chi connectivity index (χ4v) is 0.441. The Morgan fingerprint density at radius 3 is 2.50 bits per heavy atom. The second-order valence-electron chi connectivity index (χ2n) is 2.17. The van der Waals surface area contributed by atoms with Crippen LogP contribution in [0.25, 0.3) is 0 Å². The predicted molar refractivity (Wildman–Crippen MR) is 39.2 cm³/mol. The quantitative estimate of drug-likeness (QED) is 0.367. The summed E-state index contributed by atoms with van der Waals surface area (Å²) in [6, 6.07) is 0. The number of carboxylic acids is 1. The molecule has 70 valence electrons. The number of carbonyl (C=O) groups excluding carboxylic acids is 1. The third kappa shape index (κ3) is 7.01. The molecule has 0 atom stereocenters. The first-order valence-corrected chi connectivity index (χ1v) is 3.71. The summed E-state index contributed by atoms with van der Waals surface area (Å²) in [6.07, 6.45) is 0.361. The molecule has 12 heavy (non-hydrogen) atoms. The molecule has 0 saturated heterocycles. The van der Waals surface area contributed by atoms with E-state index < -0.39 is 11.9 Å². The van der Waals surface area contributed by atoms with Gasteiger partial charge in [-0.05, 0) is 6.42 Å². The summed E-state index contributed by atoms with van der Waals surface area (Å²) in [5, 5.41) is 8.19. The van der Waals surface area contributed by atoms with Crippen LogP contribution in [0.4, 0.5) is 0 Å². The van der Waals surface area contributed by atoms with Crippen LogP contribution in [-0.4, -0.2) is 23.7 Å². The molecule has 5 heteroatoms. The highest BCUT2D eigenvalue weighted by Crippen LogP contribution is 1.93. The molecule has 0 fully saturated rings. The lowest BCUT2D eigenvalue weighted by Crippen LogP contribution is -2.08. The van der Waals surface area contributed by atoms with E-state index in [9.17, 15) is 9.59 Å². The molecule has 0 radical (unpaired) electrons. The third-order valence-corrected chi connectivity index (χ3v) is 0.982. The van der Waals surface area contributed by atoms with Crippen LogP contribution < -0.4 is 0 Å². The van der Waals surface area contributed by atoms with Crippen LogP contribution in [0.5, 0.6) is 0 Å². The van der Waals surface area contributed by atoms with Gasteiger partial charge < -0.3 is 5.11 Å². The minimum Gasteiger partial charge on any atom is -0.481 e. The van der Waals surface area contributed by atoms with E-state index in [1.54, 1.807) is 0 Å². The Bertz CT molecular complexity index is 154. The van der Waals surface area contributed by atoms with Crippen molar-refractivity contribution in [3.8, 4) is 0 Å². The SMILES string of the molecule is CCCOOC(=O)CCC(=O)O. The van der Waals surface area contributed by atoms with Crippen LogP contribution in [0.2, 0.25) is 0 Å². The van der Waals surface area contributed by atoms with Crippen molar-refractivity contribution in [3.05, 3.63) is 0 Å². The number of carboxylic acid groups (broad SMARTS) is 1. The van der Waals surface area contributed by atoms with E-state index >= 15 is 0 Å². The summed E-state index contributed by atoms with van der Waals surface area (Å²) in [4.78, 5) is 29.3. The van der Waals surface area contributed by atoms with Crippen molar-refractivity contribution in [1.29, 1.82) is 0 Å². The van der Waals surface area contributed by atoms with Crippen molar-refractivity contribution < 1.29 is 24.5 Å². The van der Waals surface area contributed by atoms with Gasteiger partial charge >= 0.3 is 11.9 Å². The highest BCUT2D eigenvalue weighted by molar-refractivity contribution is 5.76. The molecular weight excluding hydrogens is 164 g/mol. The van der Waals surface area contributed by atoms with Crippen LogP contribution in [0, 0.1) is 0 Å². The highest BCUT2D eigenvalue weighted by Gasteiger charge is 2.06. The van der Waals surface area contributed by atoms with E-state index in [4.69, 9.17) is 5.11 Å². The fourth-order valence-electron chi connectivity index (χ4n) is 0.441. The van der Waals surface area contributed by atoms with Crippen LogP contribution in [0.1, 0.15) is 26.2 Å². The minimum atomic E-state index is -1.03. The fraction of sp³-hybridized carbons (Fsp3) is 0.714. The van der Waals surface area contributed by atoms with Crippen LogP contribution in [0.3, 0.4) is 0 Å². The molecule has 0 aromatic carbocycles. The van der Waals surface area contributed by atoms with Crippen LogP contribution >= 0.6 is 0 Å². The third-order valence-electron chi connectivity index (χ3n) is 0.982. The zero-order chi connectivity index (χ0) is 9.40. The van der Waals surface area contributed by atoms with E-state index in [0.717, 1.165) is 6.42 Å². The largest absolute Gasteiger partial charge is 0.481 e. The number of hydrogen-bond donors (Lipinski definition) is 1. The molecule has 0 heterocycles. The molecule has 0 rings (SSSR count). The standard InChI is InChI=1S/C7H12O5/c1-2-5-11-12-7(10)4-3-6(8)9/h2-5H2,1H3,(H,8,9). The molecule has 0 aromatic rings. The van der Waals surface area contributed by atoms with Gasteiger partial charge in [-0.15, -0.1) is 0 Å². The van der Waals surface area contributed by atoms with Gasteiger partial charge in [0.1, 0.15) is 0 Å². The normalized spacial score (nSPS) is 9.42. The molecule has 0 aliphatic carbocycles. The molecule has 0 bridgehead atoms. The second-order valence-corrected chi connectivity index (χ2v) is 2.17. The van der Waals surface area contributed by atoms with Crippen molar-refractivity contribution in [2.75, 3.05) is 6.61 Å². The Balaban J connectivity index is 3.28.